The normalized spacial score (nSPS) is 9.90. The summed E-state index contributed by atoms with van der Waals surface area (Å²) in [7, 11) is 1.65. The van der Waals surface area contributed by atoms with Crippen LogP contribution < -0.4 is 10.1 Å². The molecular formula is C15H16N4O. The fourth-order valence-electron chi connectivity index (χ4n) is 1.95. The standard InChI is InChI=1S/C15H16N4O/c1-10-4-5-14(20-3)12(6-10)9-17-15-7-13(8-16)18-11(2)19-15/h4-7H,9H2,1-3H3,(H,17,18,19). The van der Waals surface area contributed by atoms with Crippen molar-refractivity contribution in [2.75, 3.05) is 12.4 Å². The Hall–Kier alpha value is -2.61. The minimum atomic E-state index is 0.358. The Morgan fingerprint density at radius 3 is 2.75 bits per heavy atom. The van der Waals surface area contributed by atoms with Gasteiger partial charge in [-0.2, -0.15) is 5.26 Å². The maximum atomic E-state index is 8.90. The first-order valence-electron chi connectivity index (χ1n) is 6.25. The third kappa shape index (κ3) is 3.23. The van der Waals surface area contributed by atoms with Crippen LogP contribution >= 0.6 is 0 Å². The van der Waals surface area contributed by atoms with E-state index in [9.17, 15) is 0 Å². The molecule has 0 fully saturated rings. The van der Waals surface area contributed by atoms with E-state index in [4.69, 9.17) is 10.00 Å². The number of hydrogen-bond acceptors (Lipinski definition) is 5. The van der Waals surface area contributed by atoms with Crippen molar-refractivity contribution in [2.45, 2.75) is 20.4 Å². The molecule has 1 aromatic heterocycles. The van der Waals surface area contributed by atoms with Crippen molar-refractivity contribution in [3.05, 3.63) is 46.9 Å². The third-order valence-electron chi connectivity index (χ3n) is 2.85. The summed E-state index contributed by atoms with van der Waals surface area (Å²) in [6.07, 6.45) is 0. The van der Waals surface area contributed by atoms with Crippen molar-refractivity contribution in [2.24, 2.45) is 0 Å². The number of hydrogen-bond donors (Lipinski definition) is 1. The van der Waals surface area contributed by atoms with Crippen LogP contribution in [0.3, 0.4) is 0 Å². The molecule has 0 radical (unpaired) electrons. The Morgan fingerprint density at radius 2 is 2.05 bits per heavy atom. The van der Waals surface area contributed by atoms with Crippen LogP contribution in [-0.2, 0) is 6.54 Å². The Balaban J connectivity index is 2.19. The SMILES string of the molecule is COc1ccc(C)cc1CNc1cc(C#N)nc(C)n1. The molecule has 1 N–H and O–H groups in total. The van der Waals surface area contributed by atoms with Crippen molar-refractivity contribution in [3.8, 4) is 11.8 Å². The summed E-state index contributed by atoms with van der Waals surface area (Å²) < 4.78 is 5.33. The molecule has 0 atom stereocenters. The summed E-state index contributed by atoms with van der Waals surface area (Å²) in [6.45, 7) is 4.37. The number of ether oxygens (including phenoxy) is 1. The van der Waals surface area contributed by atoms with Gasteiger partial charge in [0, 0.05) is 18.2 Å². The summed E-state index contributed by atoms with van der Waals surface area (Å²) in [4.78, 5) is 8.28. The highest BCUT2D eigenvalue weighted by atomic mass is 16.5. The maximum Gasteiger partial charge on any atom is 0.146 e. The van der Waals surface area contributed by atoms with Crippen LogP contribution in [0.5, 0.6) is 5.75 Å². The van der Waals surface area contributed by atoms with Gasteiger partial charge in [0.25, 0.3) is 0 Å². The van der Waals surface area contributed by atoms with Crippen LogP contribution in [0.4, 0.5) is 5.82 Å². The van der Waals surface area contributed by atoms with Gasteiger partial charge in [0.2, 0.25) is 0 Å². The molecule has 2 aromatic rings. The molecule has 20 heavy (non-hydrogen) atoms. The van der Waals surface area contributed by atoms with Gasteiger partial charge >= 0.3 is 0 Å². The third-order valence-corrected chi connectivity index (χ3v) is 2.85. The Labute approximate surface area is 118 Å². The second kappa shape index (κ2) is 6.02. The molecule has 5 nitrogen and oxygen atoms in total. The van der Waals surface area contributed by atoms with Crippen LogP contribution in [-0.4, -0.2) is 17.1 Å². The number of aromatic nitrogens is 2. The number of nitrogens with one attached hydrogen (secondary N) is 1. The molecule has 2 rings (SSSR count). The lowest BCUT2D eigenvalue weighted by Crippen LogP contribution is -2.05. The summed E-state index contributed by atoms with van der Waals surface area (Å²) in [6, 6.07) is 9.66. The largest absolute Gasteiger partial charge is 0.496 e. The van der Waals surface area contributed by atoms with E-state index in [2.05, 4.69) is 21.4 Å². The lowest BCUT2D eigenvalue weighted by Gasteiger charge is -2.11. The summed E-state index contributed by atoms with van der Waals surface area (Å²) >= 11 is 0. The molecule has 0 saturated carbocycles. The summed E-state index contributed by atoms with van der Waals surface area (Å²) in [5, 5.41) is 12.1. The van der Waals surface area contributed by atoms with E-state index in [1.807, 2.05) is 25.1 Å². The molecule has 0 aliphatic carbocycles. The van der Waals surface area contributed by atoms with E-state index in [1.54, 1.807) is 20.1 Å². The van der Waals surface area contributed by atoms with Crippen molar-refractivity contribution in [3.63, 3.8) is 0 Å². The van der Waals surface area contributed by atoms with Crippen molar-refractivity contribution in [1.29, 1.82) is 5.26 Å². The molecule has 0 bridgehead atoms. The highest BCUT2D eigenvalue weighted by molar-refractivity contribution is 5.43. The number of nitriles is 1. The first-order valence-corrected chi connectivity index (χ1v) is 6.25. The second-order valence-corrected chi connectivity index (χ2v) is 4.47. The molecule has 0 spiro atoms. The van der Waals surface area contributed by atoms with Crippen LogP contribution in [0.25, 0.3) is 0 Å². The second-order valence-electron chi connectivity index (χ2n) is 4.47. The molecular weight excluding hydrogens is 252 g/mol. The number of rotatable bonds is 4. The molecule has 5 heteroatoms. The van der Waals surface area contributed by atoms with Crippen molar-refractivity contribution < 1.29 is 4.74 Å². The van der Waals surface area contributed by atoms with Gasteiger partial charge in [-0.15, -0.1) is 0 Å². The topological polar surface area (TPSA) is 70.8 Å². The van der Waals surface area contributed by atoms with E-state index >= 15 is 0 Å². The van der Waals surface area contributed by atoms with Crippen LogP contribution in [0.1, 0.15) is 22.6 Å². The van der Waals surface area contributed by atoms with Gasteiger partial charge in [-0.1, -0.05) is 17.7 Å². The van der Waals surface area contributed by atoms with E-state index in [0.717, 1.165) is 11.3 Å². The van der Waals surface area contributed by atoms with Gasteiger partial charge in [-0.05, 0) is 19.9 Å². The zero-order chi connectivity index (χ0) is 14.5. The molecule has 102 valence electrons. The number of benzene rings is 1. The van der Waals surface area contributed by atoms with Crippen LogP contribution in [0.15, 0.2) is 24.3 Å². The van der Waals surface area contributed by atoms with Gasteiger partial charge in [0.05, 0.1) is 7.11 Å². The first kappa shape index (κ1) is 13.8. The molecule has 1 aromatic carbocycles. The van der Waals surface area contributed by atoms with Gasteiger partial charge in [0.15, 0.2) is 0 Å². The number of nitrogens with zero attached hydrogens (tertiary/aromatic N) is 3. The molecule has 0 aliphatic heterocycles. The number of aryl methyl sites for hydroxylation is 2. The summed E-state index contributed by atoms with van der Waals surface area (Å²) in [5.74, 6) is 2.04. The fraction of sp³-hybridized carbons (Fsp3) is 0.267. The Bertz CT molecular complexity index is 661. The highest BCUT2D eigenvalue weighted by Crippen LogP contribution is 2.20. The van der Waals surface area contributed by atoms with Gasteiger partial charge in [-0.25, -0.2) is 9.97 Å². The van der Waals surface area contributed by atoms with E-state index in [-0.39, 0.29) is 0 Å². The smallest absolute Gasteiger partial charge is 0.146 e. The number of anilines is 1. The van der Waals surface area contributed by atoms with Crippen LogP contribution in [0, 0.1) is 25.2 Å². The molecule has 0 amide bonds. The van der Waals surface area contributed by atoms with Crippen LogP contribution in [0.2, 0.25) is 0 Å². The average molecular weight is 268 g/mol. The molecule has 0 saturated heterocycles. The summed E-state index contributed by atoms with van der Waals surface area (Å²) in [5.41, 5.74) is 2.57. The minimum Gasteiger partial charge on any atom is -0.496 e. The monoisotopic (exact) mass is 268 g/mol. The van der Waals surface area contributed by atoms with Gasteiger partial charge in [-0.3, -0.25) is 0 Å². The zero-order valence-electron chi connectivity index (χ0n) is 11.8. The van der Waals surface area contributed by atoms with E-state index in [1.165, 1.54) is 5.56 Å². The first-order chi connectivity index (χ1) is 9.62. The molecule has 0 aliphatic rings. The highest BCUT2D eigenvalue weighted by Gasteiger charge is 2.05. The minimum absolute atomic E-state index is 0.358. The predicted molar refractivity (Wildman–Crippen MR) is 76.5 cm³/mol. The number of methoxy groups -OCH3 is 1. The molecule has 0 unspecified atom stereocenters. The predicted octanol–water partition coefficient (Wildman–Crippen LogP) is 2.59. The van der Waals surface area contributed by atoms with Crippen molar-refractivity contribution >= 4 is 5.82 Å². The average Bonchev–Trinajstić information content (AvgIpc) is 2.44. The lowest BCUT2D eigenvalue weighted by molar-refractivity contribution is 0.410. The van der Waals surface area contributed by atoms with E-state index in [0.29, 0.717) is 23.9 Å². The molecule has 1 heterocycles. The quantitative estimate of drug-likeness (QED) is 0.922. The lowest BCUT2D eigenvalue weighted by atomic mass is 10.1. The fourth-order valence-corrected chi connectivity index (χ4v) is 1.95. The van der Waals surface area contributed by atoms with E-state index < -0.39 is 0 Å². The van der Waals surface area contributed by atoms with Gasteiger partial charge in [0.1, 0.15) is 29.2 Å². The maximum absolute atomic E-state index is 8.90. The Morgan fingerprint density at radius 1 is 1.25 bits per heavy atom. The zero-order valence-corrected chi connectivity index (χ0v) is 11.8. The van der Waals surface area contributed by atoms with Crippen molar-refractivity contribution in [1.82, 2.24) is 9.97 Å². The Kier molecular flexibility index (Phi) is 4.16. The van der Waals surface area contributed by atoms with Gasteiger partial charge < -0.3 is 10.1 Å².